The number of nitrogens with zero attached hydrogens (tertiary/aromatic N) is 6. The van der Waals surface area contributed by atoms with Crippen molar-refractivity contribution in [3.8, 4) is 0 Å². The van der Waals surface area contributed by atoms with Crippen molar-refractivity contribution < 1.29 is 9.15 Å². The summed E-state index contributed by atoms with van der Waals surface area (Å²) in [4.78, 5) is 20.4. The number of benzene rings is 1. The van der Waals surface area contributed by atoms with Gasteiger partial charge in [0, 0.05) is 43.8 Å². The quantitative estimate of drug-likeness (QED) is 0.371. The van der Waals surface area contributed by atoms with Gasteiger partial charge in [-0.15, -0.1) is 5.10 Å². The molecule has 4 aromatic rings. The number of nitrogens with one attached hydrogen (secondary N) is 1. The summed E-state index contributed by atoms with van der Waals surface area (Å²) in [5.41, 5.74) is 2.60. The second-order valence-corrected chi connectivity index (χ2v) is 9.06. The van der Waals surface area contributed by atoms with Gasteiger partial charge in [-0.3, -0.25) is 14.6 Å². The number of hydrogen-bond donors (Lipinski definition) is 1. The van der Waals surface area contributed by atoms with E-state index in [0.29, 0.717) is 25.2 Å². The van der Waals surface area contributed by atoms with Gasteiger partial charge in [0.1, 0.15) is 5.76 Å². The van der Waals surface area contributed by atoms with Crippen molar-refractivity contribution >= 4 is 10.9 Å². The minimum absolute atomic E-state index is 0.0871. The molecule has 1 aromatic carbocycles. The summed E-state index contributed by atoms with van der Waals surface area (Å²) in [6.07, 6.45) is 2.62. The fraction of sp³-hybridized carbons (Fsp3) is 0.440. The van der Waals surface area contributed by atoms with Crippen LogP contribution in [0, 0.1) is 6.92 Å². The van der Waals surface area contributed by atoms with Gasteiger partial charge in [0.05, 0.1) is 32.6 Å². The van der Waals surface area contributed by atoms with Crippen molar-refractivity contribution in [3.63, 3.8) is 0 Å². The lowest BCUT2D eigenvalue weighted by Crippen LogP contribution is -2.37. The highest BCUT2D eigenvalue weighted by atomic mass is 16.5. The first kappa shape index (κ1) is 23.4. The molecule has 0 atom stereocenters. The number of pyridine rings is 1. The molecule has 1 saturated heterocycles. The Morgan fingerprint density at radius 1 is 1.09 bits per heavy atom. The molecular formula is C25H31N7O3. The number of fused-ring (bicyclic) bond motifs is 1. The second kappa shape index (κ2) is 10.9. The molecule has 1 fully saturated rings. The summed E-state index contributed by atoms with van der Waals surface area (Å²) >= 11 is 0. The Bertz CT molecular complexity index is 1290. The molecule has 0 aliphatic carbocycles. The van der Waals surface area contributed by atoms with E-state index in [4.69, 9.17) is 9.15 Å². The molecule has 184 valence electrons. The average Bonchev–Trinajstić information content (AvgIpc) is 3.53. The highest BCUT2D eigenvalue weighted by Gasteiger charge is 2.17. The van der Waals surface area contributed by atoms with Crippen LogP contribution in [0.2, 0.25) is 0 Å². The molecule has 0 radical (unpaired) electrons. The molecule has 3 aromatic heterocycles. The number of aryl methyl sites for hydroxylation is 2. The zero-order valence-electron chi connectivity index (χ0n) is 20.0. The van der Waals surface area contributed by atoms with Crippen LogP contribution in [-0.4, -0.2) is 67.8 Å². The molecule has 1 aliphatic rings. The van der Waals surface area contributed by atoms with E-state index in [9.17, 15) is 4.79 Å². The number of aromatic amines is 1. The fourth-order valence-corrected chi connectivity index (χ4v) is 4.50. The lowest BCUT2D eigenvalue weighted by molar-refractivity contribution is 0.0367. The second-order valence-electron chi connectivity index (χ2n) is 9.06. The predicted octanol–water partition coefficient (Wildman–Crippen LogP) is 2.34. The lowest BCUT2D eigenvalue weighted by Gasteiger charge is -2.26. The number of rotatable bonds is 10. The summed E-state index contributed by atoms with van der Waals surface area (Å²) in [5.74, 6) is 1.59. The van der Waals surface area contributed by atoms with Crippen molar-refractivity contribution in [2.24, 2.45) is 0 Å². The SMILES string of the molecule is Cc1ccc2[nH]c(=O)c(CN(Cc3ccco3)Cc3nnnn3CCCN3CCOCC3)cc2c1. The van der Waals surface area contributed by atoms with Crippen LogP contribution in [0.3, 0.4) is 0 Å². The zero-order chi connectivity index (χ0) is 24.0. The molecule has 0 amide bonds. The Morgan fingerprint density at radius 2 is 1.97 bits per heavy atom. The Morgan fingerprint density at radius 3 is 2.80 bits per heavy atom. The van der Waals surface area contributed by atoms with E-state index in [1.807, 2.05) is 41.9 Å². The average molecular weight is 478 g/mol. The molecule has 1 N–H and O–H groups in total. The van der Waals surface area contributed by atoms with Crippen molar-refractivity contribution in [3.05, 3.63) is 75.7 Å². The Hall–Kier alpha value is -3.34. The van der Waals surface area contributed by atoms with Gasteiger partial charge in [-0.25, -0.2) is 4.68 Å². The van der Waals surface area contributed by atoms with Gasteiger partial charge in [-0.05, 0) is 59.5 Å². The monoisotopic (exact) mass is 477 g/mol. The number of tetrazole rings is 1. The van der Waals surface area contributed by atoms with Crippen molar-refractivity contribution in [1.29, 1.82) is 0 Å². The van der Waals surface area contributed by atoms with Crippen molar-refractivity contribution in [2.45, 2.75) is 39.5 Å². The molecule has 5 rings (SSSR count). The predicted molar refractivity (Wildman–Crippen MR) is 131 cm³/mol. The molecule has 0 unspecified atom stereocenters. The van der Waals surface area contributed by atoms with Gasteiger partial charge in [-0.1, -0.05) is 11.6 Å². The van der Waals surface area contributed by atoms with E-state index in [0.717, 1.165) is 73.9 Å². The van der Waals surface area contributed by atoms with Crippen LogP contribution in [0.15, 0.2) is 51.9 Å². The fourth-order valence-electron chi connectivity index (χ4n) is 4.50. The first-order chi connectivity index (χ1) is 17.1. The first-order valence-corrected chi connectivity index (χ1v) is 12.1. The Balaban J connectivity index is 1.31. The summed E-state index contributed by atoms with van der Waals surface area (Å²) in [6.45, 7) is 8.80. The van der Waals surface area contributed by atoms with Gasteiger partial charge in [-0.2, -0.15) is 0 Å². The Labute approximate surface area is 203 Å². The van der Waals surface area contributed by atoms with E-state index in [2.05, 4.69) is 36.4 Å². The molecule has 0 bridgehead atoms. The van der Waals surface area contributed by atoms with Gasteiger partial charge >= 0.3 is 0 Å². The van der Waals surface area contributed by atoms with Crippen molar-refractivity contribution in [2.75, 3.05) is 32.8 Å². The number of ether oxygens (including phenoxy) is 1. The summed E-state index contributed by atoms with van der Waals surface area (Å²) < 4.78 is 12.9. The maximum atomic E-state index is 12.9. The van der Waals surface area contributed by atoms with Crippen LogP contribution < -0.4 is 5.56 Å². The van der Waals surface area contributed by atoms with Crippen LogP contribution in [-0.2, 0) is 30.9 Å². The minimum atomic E-state index is -0.0871. The molecule has 10 heteroatoms. The smallest absolute Gasteiger partial charge is 0.252 e. The standard InChI is InChI=1S/C25H31N7O3/c1-19-5-6-23-20(14-19)15-21(25(33)26-23)16-31(17-22-4-2-11-35-22)18-24-27-28-29-32(24)8-3-7-30-9-12-34-13-10-30/h2,4-6,11,14-15H,3,7-10,12-13,16-18H2,1H3,(H,26,33). The van der Waals surface area contributed by atoms with Gasteiger partial charge < -0.3 is 14.1 Å². The van der Waals surface area contributed by atoms with E-state index in [-0.39, 0.29) is 5.56 Å². The summed E-state index contributed by atoms with van der Waals surface area (Å²) in [7, 11) is 0. The zero-order valence-corrected chi connectivity index (χ0v) is 20.0. The number of aromatic nitrogens is 5. The largest absolute Gasteiger partial charge is 0.468 e. The number of furan rings is 1. The lowest BCUT2D eigenvalue weighted by atomic mass is 10.1. The molecule has 0 saturated carbocycles. The normalized spacial score (nSPS) is 14.8. The van der Waals surface area contributed by atoms with E-state index < -0.39 is 0 Å². The molecule has 10 nitrogen and oxygen atoms in total. The third kappa shape index (κ3) is 6.02. The van der Waals surface area contributed by atoms with Crippen LogP contribution in [0.1, 0.15) is 29.1 Å². The van der Waals surface area contributed by atoms with Gasteiger partial charge in [0.2, 0.25) is 0 Å². The molecule has 4 heterocycles. The number of morpholine rings is 1. The van der Waals surface area contributed by atoms with E-state index in [1.54, 1.807) is 6.26 Å². The molecule has 0 spiro atoms. The minimum Gasteiger partial charge on any atom is -0.468 e. The van der Waals surface area contributed by atoms with Crippen molar-refractivity contribution in [1.82, 2.24) is 35.0 Å². The number of hydrogen-bond acceptors (Lipinski definition) is 8. The van der Waals surface area contributed by atoms with Gasteiger partial charge in [0.15, 0.2) is 5.82 Å². The highest BCUT2D eigenvalue weighted by Crippen LogP contribution is 2.17. The maximum Gasteiger partial charge on any atom is 0.252 e. The van der Waals surface area contributed by atoms with Gasteiger partial charge in [0.25, 0.3) is 5.56 Å². The third-order valence-corrected chi connectivity index (χ3v) is 6.35. The molecular weight excluding hydrogens is 446 g/mol. The highest BCUT2D eigenvalue weighted by molar-refractivity contribution is 5.79. The molecule has 35 heavy (non-hydrogen) atoms. The van der Waals surface area contributed by atoms with Crippen LogP contribution in [0.5, 0.6) is 0 Å². The maximum absolute atomic E-state index is 12.9. The van der Waals surface area contributed by atoms with Crippen LogP contribution >= 0.6 is 0 Å². The Kier molecular flexibility index (Phi) is 7.31. The first-order valence-electron chi connectivity index (χ1n) is 12.1. The third-order valence-electron chi connectivity index (χ3n) is 6.35. The van der Waals surface area contributed by atoms with Crippen LogP contribution in [0.4, 0.5) is 0 Å². The van der Waals surface area contributed by atoms with Crippen LogP contribution in [0.25, 0.3) is 10.9 Å². The van der Waals surface area contributed by atoms with E-state index >= 15 is 0 Å². The molecule has 1 aliphatic heterocycles. The summed E-state index contributed by atoms with van der Waals surface area (Å²) in [6, 6.07) is 11.8. The number of H-pyrrole nitrogens is 1. The van der Waals surface area contributed by atoms with E-state index in [1.165, 1.54) is 0 Å². The topological polar surface area (TPSA) is 105 Å². The summed E-state index contributed by atoms with van der Waals surface area (Å²) in [5, 5.41) is 13.4.